The van der Waals surface area contributed by atoms with Gasteiger partial charge in [-0.05, 0) is 19.8 Å². The number of nitrogens with one attached hydrogen (secondary N) is 2. The molecule has 0 aromatic carbocycles. The Labute approximate surface area is 149 Å². The number of urea groups is 1. The molecule has 1 fully saturated rings. The Balaban J connectivity index is 1.39. The molecule has 3 aromatic heterocycles. The third kappa shape index (κ3) is 3.25. The van der Waals surface area contributed by atoms with E-state index in [1.807, 2.05) is 13.0 Å². The van der Waals surface area contributed by atoms with Crippen molar-refractivity contribution in [1.29, 1.82) is 0 Å². The molecule has 1 atom stereocenters. The van der Waals surface area contributed by atoms with Crippen LogP contribution in [0.1, 0.15) is 36.2 Å². The molecule has 0 spiro atoms. The average molecular weight is 354 g/mol. The minimum absolute atomic E-state index is 0.0580. The van der Waals surface area contributed by atoms with Crippen LogP contribution < -0.4 is 5.32 Å². The lowest BCUT2D eigenvalue weighted by molar-refractivity contribution is 0.190. The van der Waals surface area contributed by atoms with E-state index in [1.165, 1.54) is 0 Å². The zero-order valence-corrected chi connectivity index (χ0v) is 14.2. The van der Waals surface area contributed by atoms with Gasteiger partial charge in [0.2, 0.25) is 5.82 Å². The Morgan fingerprint density at radius 2 is 2.38 bits per heavy atom. The second-order valence-electron chi connectivity index (χ2n) is 6.07. The molecular formula is C16H18N8O2. The van der Waals surface area contributed by atoms with Crippen molar-refractivity contribution < 1.29 is 9.32 Å². The van der Waals surface area contributed by atoms with Gasteiger partial charge in [-0.2, -0.15) is 5.10 Å². The summed E-state index contributed by atoms with van der Waals surface area (Å²) in [5.41, 5.74) is 1.36. The monoisotopic (exact) mass is 354 g/mol. The van der Waals surface area contributed by atoms with Crippen LogP contribution in [0.4, 0.5) is 4.79 Å². The number of amides is 2. The number of H-pyrrole nitrogens is 1. The Morgan fingerprint density at radius 1 is 1.46 bits per heavy atom. The van der Waals surface area contributed by atoms with Gasteiger partial charge in [0.15, 0.2) is 0 Å². The van der Waals surface area contributed by atoms with E-state index in [2.05, 4.69) is 35.6 Å². The van der Waals surface area contributed by atoms with Crippen molar-refractivity contribution in [2.24, 2.45) is 0 Å². The van der Waals surface area contributed by atoms with Crippen LogP contribution in [-0.2, 0) is 6.54 Å². The van der Waals surface area contributed by atoms with Gasteiger partial charge in [0.25, 0.3) is 0 Å². The second kappa shape index (κ2) is 6.90. The fraction of sp³-hybridized carbons (Fsp3) is 0.375. The van der Waals surface area contributed by atoms with Crippen LogP contribution in [0.3, 0.4) is 0 Å². The quantitative estimate of drug-likeness (QED) is 0.729. The van der Waals surface area contributed by atoms with E-state index in [4.69, 9.17) is 4.52 Å². The molecule has 10 nitrogen and oxygen atoms in total. The molecule has 1 aliphatic rings. The van der Waals surface area contributed by atoms with Crippen molar-refractivity contribution in [2.75, 3.05) is 6.54 Å². The Hall–Kier alpha value is -3.30. The maximum Gasteiger partial charge on any atom is 0.318 e. The van der Waals surface area contributed by atoms with Crippen LogP contribution >= 0.6 is 0 Å². The van der Waals surface area contributed by atoms with Crippen LogP contribution in [-0.4, -0.2) is 47.8 Å². The summed E-state index contributed by atoms with van der Waals surface area (Å²) in [5.74, 6) is 1.73. The van der Waals surface area contributed by atoms with Crippen LogP contribution in [0.15, 0.2) is 29.2 Å². The number of rotatable bonds is 4. The summed E-state index contributed by atoms with van der Waals surface area (Å²) in [7, 11) is 0. The van der Waals surface area contributed by atoms with Gasteiger partial charge in [-0.25, -0.2) is 14.8 Å². The summed E-state index contributed by atoms with van der Waals surface area (Å²) in [5, 5.41) is 13.8. The minimum atomic E-state index is -0.161. The smallest absolute Gasteiger partial charge is 0.318 e. The molecule has 0 saturated carbocycles. The molecule has 1 saturated heterocycles. The highest BCUT2D eigenvalue weighted by molar-refractivity contribution is 5.75. The van der Waals surface area contributed by atoms with Crippen molar-refractivity contribution in [3.8, 4) is 11.5 Å². The molecule has 26 heavy (non-hydrogen) atoms. The molecule has 4 heterocycles. The lowest BCUT2D eigenvalue weighted by Crippen LogP contribution is -2.39. The maximum absolute atomic E-state index is 12.6. The van der Waals surface area contributed by atoms with Gasteiger partial charge >= 0.3 is 6.03 Å². The topological polar surface area (TPSA) is 126 Å². The summed E-state index contributed by atoms with van der Waals surface area (Å²) in [4.78, 5) is 26.8. The average Bonchev–Trinajstić information content (AvgIpc) is 3.40. The van der Waals surface area contributed by atoms with Crippen LogP contribution in [0.25, 0.3) is 11.5 Å². The van der Waals surface area contributed by atoms with E-state index in [0.29, 0.717) is 23.9 Å². The highest BCUT2D eigenvalue weighted by Crippen LogP contribution is 2.31. The lowest BCUT2D eigenvalue weighted by atomic mass is 10.1. The van der Waals surface area contributed by atoms with Gasteiger partial charge in [-0.3, -0.25) is 10.1 Å². The largest absolute Gasteiger partial charge is 0.361 e. The number of likely N-dealkylation sites (tertiary alicyclic amines) is 1. The van der Waals surface area contributed by atoms with Gasteiger partial charge in [-0.1, -0.05) is 5.16 Å². The van der Waals surface area contributed by atoms with Crippen molar-refractivity contribution in [2.45, 2.75) is 32.4 Å². The number of carbonyl (C=O) groups is 1. The van der Waals surface area contributed by atoms with Gasteiger partial charge in [0, 0.05) is 25.0 Å². The summed E-state index contributed by atoms with van der Waals surface area (Å²) >= 11 is 0. The fourth-order valence-electron chi connectivity index (χ4n) is 3.02. The molecule has 10 heteroatoms. The first-order valence-electron chi connectivity index (χ1n) is 8.36. The molecular weight excluding hydrogens is 336 g/mol. The number of hydrogen-bond acceptors (Lipinski definition) is 7. The highest BCUT2D eigenvalue weighted by atomic mass is 16.5. The number of hydrogen-bond donors (Lipinski definition) is 2. The molecule has 2 N–H and O–H groups in total. The number of aromatic amines is 1. The maximum atomic E-state index is 12.6. The molecule has 4 rings (SSSR count). The Morgan fingerprint density at radius 3 is 3.15 bits per heavy atom. The number of aromatic nitrogens is 6. The third-order valence-electron chi connectivity index (χ3n) is 4.23. The van der Waals surface area contributed by atoms with Crippen LogP contribution in [0.5, 0.6) is 0 Å². The zero-order chi connectivity index (χ0) is 17.9. The molecule has 1 aliphatic heterocycles. The zero-order valence-electron chi connectivity index (χ0n) is 14.2. The highest BCUT2D eigenvalue weighted by Gasteiger charge is 2.32. The first kappa shape index (κ1) is 16.2. The summed E-state index contributed by atoms with van der Waals surface area (Å²) in [6.07, 6.45) is 6.55. The van der Waals surface area contributed by atoms with E-state index in [-0.39, 0.29) is 18.6 Å². The molecule has 0 aliphatic carbocycles. The number of aryl methyl sites for hydroxylation is 1. The van der Waals surface area contributed by atoms with E-state index < -0.39 is 0 Å². The normalized spacial score (nSPS) is 16.8. The Kier molecular flexibility index (Phi) is 4.30. The van der Waals surface area contributed by atoms with Gasteiger partial charge in [-0.15, -0.1) is 0 Å². The number of carbonyl (C=O) groups excluding carboxylic acids is 1. The minimum Gasteiger partial charge on any atom is -0.361 e. The molecule has 134 valence electrons. The third-order valence-corrected chi connectivity index (χ3v) is 4.23. The van der Waals surface area contributed by atoms with Crippen LogP contribution in [0, 0.1) is 6.92 Å². The first-order valence-corrected chi connectivity index (χ1v) is 8.36. The number of nitrogens with zero attached hydrogens (tertiary/aromatic N) is 6. The van der Waals surface area contributed by atoms with Gasteiger partial charge in [0.1, 0.15) is 23.0 Å². The molecule has 0 radical (unpaired) electrons. The predicted molar refractivity (Wildman–Crippen MR) is 89.6 cm³/mol. The van der Waals surface area contributed by atoms with E-state index in [0.717, 1.165) is 24.3 Å². The molecule has 2 amide bonds. The summed E-state index contributed by atoms with van der Waals surface area (Å²) in [6, 6.07) is 1.66. The predicted octanol–water partition coefficient (Wildman–Crippen LogP) is 1.60. The van der Waals surface area contributed by atoms with Gasteiger partial charge in [0.05, 0.1) is 18.8 Å². The van der Waals surface area contributed by atoms with E-state index in [1.54, 1.807) is 23.5 Å². The first-order chi connectivity index (χ1) is 12.7. The Bertz CT molecular complexity index is 891. The van der Waals surface area contributed by atoms with Crippen molar-refractivity contribution in [1.82, 2.24) is 40.5 Å². The second-order valence-corrected chi connectivity index (χ2v) is 6.07. The SMILES string of the molecule is Cc1cc(C2CCCN2C(=O)NCc2nc(-c3cnccn3)n[nH]2)no1. The van der Waals surface area contributed by atoms with Crippen LogP contribution in [0.2, 0.25) is 0 Å². The summed E-state index contributed by atoms with van der Waals surface area (Å²) < 4.78 is 5.14. The van der Waals surface area contributed by atoms with E-state index >= 15 is 0 Å². The van der Waals surface area contributed by atoms with Crippen molar-refractivity contribution >= 4 is 6.03 Å². The van der Waals surface area contributed by atoms with Gasteiger partial charge < -0.3 is 14.7 Å². The molecule has 3 aromatic rings. The van der Waals surface area contributed by atoms with E-state index in [9.17, 15) is 4.79 Å². The van der Waals surface area contributed by atoms with Crippen molar-refractivity contribution in [3.05, 3.63) is 41.9 Å². The summed E-state index contributed by atoms with van der Waals surface area (Å²) in [6.45, 7) is 2.77. The molecule has 0 bridgehead atoms. The molecule has 1 unspecified atom stereocenters. The fourth-order valence-corrected chi connectivity index (χ4v) is 3.02. The standard InChI is InChI=1S/C16H18N8O2/c1-10-7-11(23-26-10)13-3-2-6-24(13)16(25)19-9-14-20-15(22-21-14)12-8-17-4-5-18-12/h4-5,7-8,13H,2-3,6,9H2,1H3,(H,19,25)(H,20,21,22). The lowest BCUT2D eigenvalue weighted by Gasteiger charge is -2.23. The van der Waals surface area contributed by atoms with Crippen molar-refractivity contribution in [3.63, 3.8) is 0 Å².